The number of likely N-dealkylation sites (N-methyl/N-ethyl adjacent to an activating group) is 1. The molecule has 0 spiro atoms. The maximum atomic E-state index is 11.9. The minimum absolute atomic E-state index is 0.0998. The van der Waals surface area contributed by atoms with Crippen LogP contribution >= 0.6 is 11.3 Å². The van der Waals surface area contributed by atoms with E-state index in [4.69, 9.17) is 0 Å². The molecule has 0 atom stereocenters. The molecule has 0 aliphatic rings. The number of hydrogen-bond donors (Lipinski definition) is 0. The van der Waals surface area contributed by atoms with Crippen LogP contribution in [-0.2, 0) is 11.3 Å². The van der Waals surface area contributed by atoms with E-state index < -0.39 is 0 Å². The van der Waals surface area contributed by atoms with Gasteiger partial charge in [-0.3, -0.25) is 4.79 Å². The molecule has 0 aliphatic carbocycles. The fourth-order valence-corrected chi connectivity index (χ4v) is 2.68. The molecule has 19 heavy (non-hydrogen) atoms. The fourth-order valence-electron chi connectivity index (χ4n) is 2.07. The number of thiazole rings is 1. The molecule has 2 rings (SSSR count). The summed E-state index contributed by atoms with van der Waals surface area (Å²) in [5.41, 5.74) is 4.30. The monoisotopic (exact) mass is 277 g/mol. The summed E-state index contributed by atoms with van der Waals surface area (Å²) in [6.07, 6.45) is 0. The molecule has 0 N–H and O–H groups in total. The summed E-state index contributed by atoms with van der Waals surface area (Å²) >= 11 is 1.65. The summed E-state index contributed by atoms with van der Waals surface area (Å²) in [6, 6.07) is 2.10. The van der Waals surface area contributed by atoms with Gasteiger partial charge in [-0.15, -0.1) is 11.3 Å². The third kappa shape index (κ3) is 2.71. The van der Waals surface area contributed by atoms with Gasteiger partial charge in [0.05, 0.1) is 10.7 Å². The largest absolute Gasteiger partial charge is 0.347 e. The van der Waals surface area contributed by atoms with E-state index >= 15 is 0 Å². The van der Waals surface area contributed by atoms with Gasteiger partial charge in [-0.2, -0.15) is 0 Å². The van der Waals surface area contributed by atoms with Crippen LogP contribution in [0.4, 0.5) is 0 Å². The van der Waals surface area contributed by atoms with Gasteiger partial charge in [0.25, 0.3) is 0 Å². The third-order valence-electron chi connectivity index (χ3n) is 3.26. The summed E-state index contributed by atoms with van der Waals surface area (Å²) < 4.78 is 2.05. The van der Waals surface area contributed by atoms with Crippen LogP contribution in [0.15, 0.2) is 11.4 Å². The van der Waals surface area contributed by atoms with Gasteiger partial charge in [0, 0.05) is 36.4 Å². The number of hydrogen-bond acceptors (Lipinski definition) is 3. The third-order valence-corrected chi connectivity index (χ3v) is 4.03. The maximum Gasteiger partial charge on any atom is 0.241 e. The van der Waals surface area contributed by atoms with Gasteiger partial charge in [0.2, 0.25) is 5.91 Å². The second kappa shape index (κ2) is 5.17. The maximum absolute atomic E-state index is 11.9. The molecule has 5 heteroatoms. The Kier molecular flexibility index (Phi) is 3.75. The molecule has 0 saturated heterocycles. The number of carbonyl (C=O) groups is 1. The SMILES string of the molecule is Cc1nc(-c2cc(C)n(CC(=O)N(C)C)c2C)cs1. The molecule has 102 valence electrons. The Morgan fingerprint density at radius 3 is 2.58 bits per heavy atom. The zero-order valence-corrected chi connectivity index (χ0v) is 12.8. The molecule has 1 amide bonds. The highest BCUT2D eigenvalue weighted by Crippen LogP contribution is 2.27. The van der Waals surface area contributed by atoms with Crippen LogP contribution in [0.5, 0.6) is 0 Å². The summed E-state index contributed by atoms with van der Waals surface area (Å²) in [6.45, 7) is 6.45. The van der Waals surface area contributed by atoms with Crippen molar-refractivity contribution in [2.75, 3.05) is 14.1 Å². The van der Waals surface area contributed by atoms with Crippen molar-refractivity contribution in [3.8, 4) is 11.3 Å². The lowest BCUT2D eigenvalue weighted by molar-refractivity contribution is -0.129. The highest BCUT2D eigenvalue weighted by Gasteiger charge is 2.15. The van der Waals surface area contributed by atoms with Gasteiger partial charge in [-0.1, -0.05) is 0 Å². The summed E-state index contributed by atoms with van der Waals surface area (Å²) in [5, 5.41) is 3.12. The lowest BCUT2D eigenvalue weighted by Gasteiger charge is -2.13. The molecule has 2 aromatic heterocycles. The van der Waals surface area contributed by atoms with Gasteiger partial charge in [0.1, 0.15) is 6.54 Å². The quantitative estimate of drug-likeness (QED) is 0.865. The second-order valence-electron chi connectivity index (χ2n) is 4.91. The molecule has 0 saturated carbocycles. The smallest absolute Gasteiger partial charge is 0.241 e. The zero-order valence-electron chi connectivity index (χ0n) is 12.0. The van der Waals surface area contributed by atoms with Gasteiger partial charge in [0.15, 0.2) is 0 Å². The van der Waals surface area contributed by atoms with Crippen molar-refractivity contribution < 1.29 is 4.79 Å². The number of nitrogens with zero attached hydrogens (tertiary/aromatic N) is 3. The first kappa shape index (κ1) is 13.8. The Labute approximate surface area is 117 Å². The summed E-state index contributed by atoms with van der Waals surface area (Å²) in [5.74, 6) is 0.0998. The van der Waals surface area contributed by atoms with E-state index in [2.05, 4.69) is 16.4 Å². The van der Waals surface area contributed by atoms with Crippen LogP contribution in [0, 0.1) is 20.8 Å². The number of amides is 1. The molecule has 0 aromatic carbocycles. The Hall–Kier alpha value is -1.62. The zero-order chi connectivity index (χ0) is 14.2. The fraction of sp³-hybridized carbons (Fsp3) is 0.429. The van der Waals surface area contributed by atoms with E-state index in [1.54, 1.807) is 30.3 Å². The highest BCUT2D eigenvalue weighted by molar-refractivity contribution is 7.09. The van der Waals surface area contributed by atoms with Gasteiger partial charge in [-0.05, 0) is 26.8 Å². The molecular formula is C14H19N3OS. The first-order valence-corrected chi connectivity index (χ1v) is 7.07. The molecule has 0 radical (unpaired) electrons. The molecule has 4 nitrogen and oxygen atoms in total. The van der Waals surface area contributed by atoms with Crippen LogP contribution in [-0.4, -0.2) is 34.5 Å². The van der Waals surface area contributed by atoms with Crippen molar-refractivity contribution in [2.45, 2.75) is 27.3 Å². The second-order valence-corrected chi connectivity index (χ2v) is 5.97. The van der Waals surface area contributed by atoms with Crippen molar-refractivity contribution in [2.24, 2.45) is 0 Å². The van der Waals surface area contributed by atoms with Crippen LogP contribution < -0.4 is 0 Å². The standard InChI is InChI=1S/C14H19N3OS/c1-9-6-12(13-8-19-11(3)15-13)10(2)17(9)7-14(18)16(4)5/h6,8H,7H2,1-5H3. The predicted molar refractivity (Wildman–Crippen MR) is 78.4 cm³/mol. The predicted octanol–water partition coefficient (Wildman–Crippen LogP) is 2.63. The number of carbonyl (C=O) groups excluding carboxylic acids is 1. The van der Waals surface area contributed by atoms with E-state index in [1.807, 2.05) is 25.3 Å². The Morgan fingerprint density at radius 1 is 1.37 bits per heavy atom. The number of aromatic nitrogens is 2. The van der Waals surface area contributed by atoms with E-state index in [-0.39, 0.29) is 5.91 Å². The van der Waals surface area contributed by atoms with Crippen molar-refractivity contribution in [3.63, 3.8) is 0 Å². The van der Waals surface area contributed by atoms with Crippen molar-refractivity contribution in [3.05, 3.63) is 27.8 Å². The summed E-state index contributed by atoms with van der Waals surface area (Å²) in [7, 11) is 3.56. The minimum atomic E-state index is 0.0998. The topological polar surface area (TPSA) is 38.1 Å². The first-order chi connectivity index (χ1) is 8.90. The van der Waals surface area contributed by atoms with E-state index in [9.17, 15) is 4.79 Å². The van der Waals surface area contributed by atoms with E-state index in [1.165, 1.54) is 0 Å². The Bertz CT molecular complexity index is 610. The number of aryl methyl sites for hydroxylation is 2. The van der Waals surface area contributed by atoms with Gasteiger partial charge in [-0.25, -0.2) is 4.98 Å². The average molecular weight is 277 g/mol. The average Bonchev–Trinajstić information content (AvgIpc) is 2.87. The number of rotatable bonds is 3. The molecular weight excluding hydrogens is 258 g/mol. The minimum Gasteiger partial charge on any atom is -0.347 e. The highest BCUT2D eigenvalue weighted by atomic mass is 32.1. The molecule has 0 unspecified atom stereocenters. The Balaban J connectivity index is 2.37. The van der Waals surface area contributed by atoms with Crippen molar-refractivity contribution >= 4 is 17.2 Å². The van der Waals surface area contributed by atoms with Gasteiger partial charge < -0.3 is 9.47 Å². The van der Waals surface area contributed by atoms with E-state index in [0.29, 0.717) is 6.54 Å². The normalized spacial score (nSPS) is 10.8. The lowest BCUT2D eigenvalue weighted by atomic mass is 10.2. The van der Waals surface area contributed by atoms with Crippen molar-refractivity contribution in [1.29, 1.82) is 0 Å². The first-order valence-electron chi connectivity index (χ1n) is 6.19. The lowest BCUT2D eigenvalue weighted by Crippen LogP contribution is -2.27. The molecule has 0 aliphatic heterocycles. The van der Waals surface area contributed by atoms with Gasteiger partial charge >= 0.3 is 0 Å². The Morgan fingerprint density at radius 2 is 2.05 bits per heavy atom. The van der Waals surface area contributed by atoms with Crippen LogP contribution in [0.1, 0.15) is 16.4 Å². The molecule has 2 aromatic rings. The molecule has 0 bridgehead atoms. The molecule has 0 fully saturated rings. The summed E-state index contributed by atoms with van der Waals surface area (Å²) in [4.78, 5) is 18.0. The molecule has 2 heterocycles. The van der Waals surface area contributed by atoms with Crippen LogP contribution in [0.2, 0.25) is 0 Å². The van der Waals surface area contributed by atoms with E-state index in [0.717, 1.165) is 27.7 Å². The van der Waals surface area contributed by atoms with Crippen molar-refractivity contribution in [1.82, 2.24) is 14.5 Å². The van der Waals surface area contributed by atoms with Crippen LogP contribution in [0.3, 0.4) is 0 Å². The van der Waals surface area contributed by atoms with Crippen LogP contribution in [0.25, 0.3) is 11.3 Å².